The number of carbonyl (C=O) groups excluding carboxylic acids is 1. The van der Waals surface area contributed by atoms with Gasteiger partial charge >= 0.3 is 0 Å². The van der Waals surface area contributed by atoms with E-state index in [9.17, 15) is 9.59 Å². The quantitative estimate of drug-likeness (QED) is 0.645. The minimum atomic E-state index is -0.343. The Kier molecular flexibility index (Phi) is 6.43. The van der Waals surface area contributed by atoms with Gasteiger partial charge in [0, 0.05) is 12.7 Å². The van der Waals surface area contributed by atoms with E-state index in [-0.39, 0.29) is 23.1 Å². The maximum absolute atomic E-state index is 12.9. The van der Waals surface area contributed by atoms with Crippen LogP contribution in [0.3, 0.4) is 0 Å². The van der Waals surface area contributed by atoms with Gasteiger partial charge in [-0.15, -0.1) is 0 Å². The third-order valence-electron chi connectivity index (χ3n) is 4.84. The smallest absolute Gasteiger partial charge is 0.263 e. The molecule has 0 aliphatic carbocycles. The van der Waals surface area contributed by atoms with E-state index >= 15 is 0 Å². The van der Waals surface area contributed by atoms with Gasteiger partial charge < -0.3 is 9.88 Å². The number of hydrogen-bond donors (Lipinski definition) is 1. The number of rotatable bonds is 7. The lowest BCUT2D eigenvalue weighted by atomic mass is 10.0. The molecule has 0 bridgehead atoms. The summed E-state index contributed by atoms with van der Waals surface area (Å²) in [5, 5.41) is 2.96. The molecular formula is C24H26N2O2. The molecule has 0 fully saturated rings. The molecule has 144 valence electrons. The van der Waals surface area contributed by atoms with Crippen LogP contribution in [0.1, 0.15) is 48.7 Å². The third-order valence-corrected chi connectivity index (χ3v) is 4.84. The highest BCUT2D eigenvalue weighted by atomic mass is 16.2. The first-order chi connectivity index (χ1) is 13.6. The maximum atomic E-state index is 12.9. The molecule has 0 aliphatic heterocycles. The number of hydrogen-bond acceptors (Lipinski definition) is 2. The van der Waals surface area contributed by atoms with Crippen LogP contribution in [0.4, 0.5) is 0 Å². The van der Waals surface area contributed by atoms with Gasteiger partial charge in [0.25, 0.3) is 11.5 Å². The first kappa shape index (κ1) is 19.6. The fourth-order valence-corrected chi connectivity index (χ4v) is 3.18. The van der Waals surface area contributed by atoms with Crippen LogP contribution in [-0.2, 0) is 6.54 Å². The Bertz CT molecular complexity index is 978. The summed E-state index contributed by atoms with van der Waals surface area (Å²) in [4.78, 5) is 25.9. The van der Waals surface area contributed by atoms with E-state index < -0.39 is 0 Å². The third kappa shape index (κ3) is 4.58. The molecule has 0 spiro atoms. The first-order valence-electron chi connectivity index (χ1n) is 9.76. The van der Waals surface area contributed by atoms with E-state index in [1.165, 1.54) is 0 Å². The predicted octanol–water partition coefficient (Wildman–Crippen LogP) is 4.81. The van der Waals surface area contributed by atoms with Gasteiger partial charge in [-0.25, -0.2) is 0 Å². The van der Waals surface area contributed by atoms with E-state index in [0.29, 0.717) is 6.54 Å². The second-order valence-corrected chi connectivity index (χ2v) is 6.97. The van der Waals surface area contributed by atoms with E-state index in [2.05, 4.69) is 12.2 Å². The lowest BCUT2D eigenvalue weighted by molar-refractivity contribution is 0.0937. The number of benzene rings is 2. The number of unbranched alkanes of at least 4 members (excludes halogenated alkanes) is 1. The molecule has 1 N–H and O–H groups in total. The maximum Gasteiger partial charge on any atom is 0.263 e. The summed E-state index contributed by atoms with van der Waals surface area (Å²) in [5.41, 5.74) is 2.79. The molecule has 0 aliphatic rings. The number of amides is 1. The van der Waals surface area contributed by atoms with Crippen molar-refractivity contribution in [1.29, 1.82) is 0 Å². The summed E-state index contributed by atoms with van der Waals surface area (Å²) >= 11 is 0. The number of pyridine rings is 1. The summed E-state index contributed by atoms with van der Waals surface area (Å²) in [6.45, 7) is 4.61. The molecule has 0 saturated heterocycles. The molecule has 0 saturated carbocycles. The van der Waals surface area contributed by atoms with Crippen molar-refractivity contribution >= 4 is 5.91 Å². The highest BCUT2D eigenvalue weighted by molar-refractivity contribution is 5.95. The van der Waals surface area contributed by atoms with Crippen LogP contribution in [0, 0.1) is 0 Å². The SMILES string of the molecule is CCCCn1cc(-c2ccccc2)cc(C(=O)NC(C)c2ccccc2)c1=O. The molecule has 1 atom stereocenters. The average Bonchev–Trinajstić information content (AvgIpc) is 2.74. The minimum absolute atomic E-state index is 0.181. The van der Waals surface area contributed by atoms with Crippen molar-refractivity contribution in [2.45, 2.75) is 39.3 Å². The second kappa shape index (κ2) is 9.18. The molecule has 1 unspecified atom stereocenters. The van der Waals surface area contributed by atoms with E-state index in [1.807, 2.05) is 73.8 Å². The first-order valence-corrected chi connectivity index (χ1v) is 9.76. The summed E-state index contributed by atoms with van der Waals surface area (Å²) in [6, 6.07) is 21.1. The highest BCUT2D eigenvalue weighted by Gasteiger charge is 2.17. The molecule has 0 radical (unpaired) electrons. The topological polar surface area (TPSA) is 51.1 Å². The molecule has 1 amide bonds. The zero-order valence-electron chi connectivity index (χ0n) is 16.4. The Balaban J connectivity index is 1.96. The highest BCUT2D eigenvalue weighted by Crippen LogP contribution is 2.19. The van der Waals surface area contributed by atoms with Gasteiger partial charge in [0.2, 0.25) is 0 Å². The monoisotopic (exact) mass is 374 g/mol. The van der Waals surface area contributed by atoms with E-state index in [1.54, 1.807) is 10.6 Å². The van der Waals surface area contributed by atoms with Gasteiger partial charge in [-0.2, -0.15) is 0 Å². The summed E-state index contributed by atoms with van der Waals surface area (Å²) in [6.07, 6.45) is 3.72. The summed E-state index contributed by atoms with van der Waals surface area (Å²) in [7, 11) is 0. The number of nitrogens with zero attached hydrogens (tertiary/aromatic N) is 1. The molecule has 2 aromatic carbocycles. The van der Waals surface area contributed by atoms with Crippen LogP contribution in [0.25, 0.3) is 11.1 Å². The Hall–Kier alpha value is -3.14. The van der Waals surface area contributed by atoms with Crippen LogP contribution in [0.15, 0.2) is 77.7 Å². The number of nitrogens with one attached hydrogen (secondary N) is 1. The number of aromatic nitrogens is 1. The molecule has 4 heteroatoms. The molecule has 4 nitrogen and oxygen atoms in total. The molecule has 1 heterocycles. The van der Waals surface area contributed by atoms with Crippen molar-refractivity contribution in [3.63, 3.8) is 0 Å². The fraction of sp³-hybridized carbons (Fsp3) is 0.250. The zero-order valence-corrected chi connectivity index (χ0v) is 16.4. The van der Waals surface area contributed by atoms with Gasteiger partial charge in [0.15, 0.2) is 0 Å². The van der Waals surface area contributed by atoms with E-state index in [0.717, 1.165) is 29.5 Å². The van der Waals surface area contributed by atoms with Crippen LogP contribution < -0.4 is 10.9 Å². The van der Waals surface area contributed by atoms with Crippen LogP contribution in [0.5, 0.6) is 0 Å². The van der Waals surface area contributed by atoms with Crippen LogP contribution >= 0.6 is 0 Å². The van der Waals surface area contributed by atoms with Crippen molar-refractivity contribution in [3.05, 3.63) is 94.4 Å². The Morgan fingerprint density at radius 3 is 2.29 bits per heavy atom. The van der Waals surface area contributed by atoms with Crippen molar-refractivity contribution in [2.75, 3.05) is 0 Å². The van der Waals surface area contributed by atoms with Crippen LogP contribution in [0.2, 0.25) is 0 Å². The van der Waals surface area contributed by atoms with Gasteiger partial charge in [-0.3, -0.25) is 9.59 Å². The van der Waals surface area contributed by atoms with E-state index in [4.69, 9.17) is 0 Å². The Morgan fingerprint density at radius 1 is 1.00 bits per heavy atom. The van der Waals surface area contributed by atoms with Crippen molar-refractivity contribution in [2.24, 2.45) is 0 Å². The zero-order chi connectivity index (χ0) is 19.9. The summed E-state index contributed by atoms with van der Waals surface area (Å²) in [5.74, 6) is -0.343. The average molecular weight is 374 g/mol. The minimum Gasteiger partial charge on any atom is -0.345 e. The molecule has 1 aromatic heterocycles. The standard InChI is InChI=1S/C24H26N2O2/c1-3-4-15-26-17-21(20-13-9-6-10-14-20)16-22(24(26)28)23(27)25-18(2)19-11-7-5-8-12-19/h5-14,16-18H,3-4,15H2,1-2H3,(H,25,27). The molecule has 3 aromatic rings. The Morgan fingerprint density at radius 2 is 1.64 bits per heavy atom. The van der Waals surface area contributed by atoms with Gasteiger partial charge in [-0.05, 0) is 36.1 Å². The number of carbonyl (C=O) groups is 1. The van der Waals surface area contributed by atoms with Crippen molar-refractivity contribution < 1.29 is 4.79 Å². The fourth-order valence-electron chi connectivity index (χ4n) is 3.18. The van der Waals surface area contributed by atoms with Crippen molar-refractivity contribution in [3.8, 4) is 11.1 Å². The normalized spacial score (nSPS) is 11.8. The number of aryl methyl sites for hydroxylation is 1. The van der Waals surface area contributed by atoms with Crippen molar-refractivity contribution in [1.82, 2.24) is 9.88 Å². The molecule has 3 rings (SSSR count). The summed E-state index contributed by atoms with van der Waals surface area (Å²) < 4.78 is 1.66. The second-order valence-electron chi connectivity index (χ2n) is 6.97. The Labute approximate surface area is 165 Å². The van der Waals surface area contributed by atoms with Gasteiger partial charge in [0.05, 0.1) is 6.04 Å². The molecular weight excluding hydrogens is 348 g/mol. The lowest BCUT2D eigenvalue weighted by Crippen LogP contribution is -2.34. The molecule has 28 heavy (non-hydrogen) atoms. The van der Waals surface area contributed by atoms with Gasteiger partial charge in [-0.1, -0.05) is 74.0 Å². The predicted molar refractivity (Wildman–Crippen MR) is 113 cm³/mol. The largest absolute Gasteiger partial charge is 0.345 e. The van der Waals surface area contributed by atoms with Gasteiger partial charge in [0.1, 0.15) is 5.56 Å². The van der Waals surface area contributed by atoms with Crippen LogP contribution in [-0.4, -0.2) is 10.5 Å². The lowest BCUT2D eigenvalue weighted by Gasteiger charge is -2.16.